The Balaban J connectivity index is 0. The molecule has 0 aliphatic heterocycles. The predicted octanol–water partition coefficient (Wildman–Crippen LogP) is 2.29. The van der Waals surface area contributed by atoms with Crippen molar-refractivity contribution in [3.63, 3.8) is 0 Å². The number of halogens is 2. The lowest BCUT2D eigenvalue weighted by molar-refractivity contribution is 1.48. The SMILES string of the molecule is CN.Cl.Ic1ccccc1. The Bertz CT molecular complexity index is 144. The third-order valence-electron chi connectivity index (χ3n) is 0.733. The van der Waals surface area contributed by atoms with Crippen molar-refractivity contribution in [2.75, 3.05) is 7.05 Å². The highest BCUT2D eigenvalue weighted by atomic mass is 127. The van der Waals surface area contributed by atoms with Crippen LogP contribution in [0.5, 0.6) is 0 Å². The summed E-state index contributed by atoms with van der Waals surface area (Å²) in [5, 5.41) is 0. The van der Waals surface area contributed by atoms with Crippen LogP contribution in [0.1, 0.15) is 0 Å². The van der Waals surface area contributed by atoms with Gasteiger partial charge >= 0.3 is 0 Å². The number of hydrogen-bond donors (Lipinski definition) is 1. The average molecular weight is 272 g/mol. The van der Waals surface area contributed by atoms with Gasteiger partial charge in [-0.15, -0.1) is 12.4 Å². The predicted molar refractivity (Wildman–Crippen MR) is 56.5 cm³/mol. The summed E-state index contributed by atoms with van der Waals surface area (Å²) in [6.07, 6.45) is 0. The molecule has 1 aromatic carbocycles. The largest absolute Gasteiger partial charge is 0.333 e. The van der Waals surface area contributed by atoms with E-state index in [-0.39, 0.29) is 12.4 Å². The topological polar surface area (TPSA) is 26.0 Å². The van der Waals surface area contributed by atoms with E-state index < -0.39 is 0 Å². The van der Waals surface area contributed by atoms with Crippen LogP contribution in [-0.4, -0.2) is 7.05 Å². The molecular weight excluding hydrogens is 260 g/mol. The summed E-state index contributed by atoms with van der Waals surface area (Å²) in [4.78, 5) is 0. The molecule has 0 unspecified atom stereocenters. The van der Waals surface area contributed by atoms with Crippen LogP contribution >= 0.6 is 35.0 Å². The maximum atomic E-state index is 4.50. The van der Waals surface area contributed by atoms with Crippen molar-refractivity contribution in [3.05, 3.63) is 33.9 Å². The van der Waals surface area contributed by atoms with Gasteiger partial charge in [0.05, 0.1) is 0 Å². The Morgan fingerprint density at radius 1 is 1.10 bits per heavy atom. The summed E-state index contributed by atoms with van der Waals surface area (Å²) >= 11 is 2.28. The normalized spacial score (nSPS) is 6.70. The Morgan fingerprint density at radius 3 is 1.70 bits per heavy atom. The second-order valence-corrected chi connectivity index (χ2v) is 2.54. The van der Waals surface area contributed by atoms with Crippen LogP contribution < -0.4 is 5.73 Å². The first-order valence-corrected chi connectivity index (χ1v) is 3.76. The highest BCUT2D eigenvalue weighted by Crippen LogP contribution is 1.99. The number of nitrogens with two attached hydrogens (primary N) is 1. The van der Waals surface area contributed by atoms with E-state index in [4.69, 9.17) is 0 Å². The molecule has 0 aliphatic rings. The minimum Gasteiger partial charge on any atom is -0.333 e. The first-order valence-electron chi connectivity index (χ1n) is 2.68. The molecule has 0 bridgehead atoms. The zero-order valence-electron chi connectivity index (χ0n) is 5.75. The van der Waals surface area contributed by atoms with Crippen LogP contribution in [0, 0.1) is 3.57 Å². The van der Waals surface area contributed by atoms with E-state index in [1.54, 1.807) is 0 Å². The van der Waals surface area contributed by atoms with Gasteiger partial charge < -0.3 is 5.73 Å². The first-order chi connectivity index (χ1) is 4.39. The molecule has 0 saturated carbocycles. The molecule has 3 heteroatoms. The van der Waals surface area contributed by atoms with Gasteiger partial charge in [-0.3, -0.25) is 0 Å². The number of rotatable bonds is 0. The van der Waals surface area contributed by atoms with Crippen molar-refractivity contribution >= 4 is 35.0 Å². The maximum Gasteiger partial charge on any atom is 0.0130 e. The molecular formula is C7H11ClIN. The molecule has 0 fully saturated rings. The molecule has 0 heterocycles. The summed E-state index contributed by atoms with van der Waals surface area (Å²) in [6.45, 7) is 0. The van der Waals surface area contributed by atoms with Crippen molar-refractivity contribution in [3.8, 4) is 0 Å². The average Bonchev–Trinajstić information content (AvgIpc) is 1.94. The molecule has 10 heavy (non-hydrogen) atoms. The lowest BCUT2D eigenvalue weighted by Crippen LogP contribution is -1.69. The third-order valence-corrected chi connectivity index (χ3v) is 1.45. The zero-order chi connectivity index (χ0) is 7.11. The van der Waals surface area contributed by atoms with Crippen LogP contribution in [0.2, 0.25) is 0 Å². The van der Waals surface area contributed by atoms with Gasteiger partial charge in [0.15, 0.2) is 0 Å². The monoisotopic (exact) mass is 271 g/mol. The van der Waals surface area contributed by atoms with E-state index in [1.807, 2.05) is 18.2 Å². The Kier molecular flexibility index (Phi) is 11.8. The maximum absolute atomic E-state index is 4.50. The van der Waals surface area contributed by atoms with Gasteiger partial charge in [0, 0.05) is 3.57 Å². The van der Waals surface area contributed by atoms with Crippen molar-refractivity contribution in [2.45, 2.75) is 0 Å². The van der Waals surface area contributed by atoms with Gasteiger partial charge in [0.25, 0.3) is 0 Å². The second-order valence-electron chi connectivity index (χ2n) is 1.30. The van der Waals surface area contributed by atoms with Crippen LogP contribution in [-0.2, 0) is 0 Å². The van der Waals surface area contributed by atoms with E-state index in [2.05, 4.69) is 40.5 Å². The number of hydrogen-bond acceptors (Lipinski definition) is 1. The quantitative estimate of drug-likeness (QED) is 0.720. The van der Waals surface area contributed by atoms with E-state index >= 15 is 0 Å². The third kappa shape index (κ3) is 6.32. The summed E-state index contributed by atoms with van der Waals surface area (Å²) in [5.74, 6) is 0. The zero-order valence-corrected chi connectivity index (χ0v) is 8.72. The van der Waals surface area contributed by atoms with Gasteiger partial charge in [-0.2, -0.15) is 0 Å². The fourth-order valence-electron chi connectivity index (χ4n) is 0.415. The van der Waals surface area contributed by atoms with Gasteiger partial charge in [0.2, 0.25) is 0 Å². The van der Waals surface area contributed by atoms with Crippen molar-refractivity contribution in [1.82, 2.24) is 0 Å². The summed E-state index contributed by atoms with van der Waals surface area (Å²) in [6, 6.07) is 10.2. The molecule has 0 amide bonds. The molecule has 1 nitrogen and oxygen atoms in total. The first kappa shape index (κ1) is 12.8. The van der Waals surface area contributed by atoms with Gasteiger partial charge in [-0.1, -0.05) is 18.2 Å². The smallest absolute Gasteiger partial charge is 0.0130 e. The lowest BCUT2D eigenvalue weighted by Gasteiger charge is -1.80. The summed E-state index contributed by atoms with van der Waals surface area (Å²) in [7, 11) is 1.50. The van der Waals surface area contributed by atoms with Gasteiger partial charge in [-0.05, 0) is 41.8 Å². The minimum absolute atomic E-state index is 0. The molecule has 0 atom stereocenters. The Hall–Kier alpha value is 0.200. The highest BCUT2D eigenvalue weighted by Gasteiger charge is 1.74. The van der Waals surface area contributed by atoms with Crippen LogP contribution in [0.25, 0.3) is 0 Å². The Labute approximate surface area is 81.6 Å². The van der Waals surface area contributed by atoms with E-state index in [9.17, 15) is 0 Å². The van der Waals surface area contributed by atoms with Gasteiger partial charge in [0.1, 0.15) is 0 Å². The molecule has 0 aromatic heterocycles. The molecule has 58 valence electrons. The molecule has 0 radical (unpaired) electrons. The second kappa shape index (κ2) is 9.20. The summed E-state index contributed by atoms with van der Waals surface area (Å²) in [5.41, 5.74) is 4.50. The standard InChI is InChI=1S/C6H5I.CH5N.ClH/c7-6-4-2-1-3-5-6;1-2;/h1-5H;2H2,1H3;1H. The van der Waals surface area contributed by atoms with Crippen molar-refractivity contribution in [2.24, 2.45) is 5.73 Å². The molecule has 1 aromatic rings. The fraction of sp³-hybridized carbons (Fsp3) is 0.143. The molecule has 0 aliphatic carbocycles. The van der Waals surface area contributed by atoms with E-state index in [0.29, 0.717) is 0 Å². The molecule has 2 N–H and O–H groups in total. The minimum atomic E-state index is 0. The van der Waals surface area contributed by atoms with Crippen LogP contribution in [0.4, 0.5) is 0 Å². The molecule has 1 rings (SSSR count). The lowest BCUT2D eigenvalue weighted by atomic mass is 10.4. The fourth-order valence-corrected chi connectivity index (χ4v) is 0.830. The Morgan fingerprint density at radius 2 is 1.50 bits per heavy atom. The van der Waals surface area contributed by atoms with Gasteiger partial charge in [-0.25, -0.2) is 0 Å². The van der Waals surface area contributed by atoms with Crippen molar-refractivity contribution < 1.29 is 0 Å². The van der Waals surface area contributed by atoms with E-state index in [0.717, 1.165) is 0 Å². The van der Waals surface area contributed by atoms with Crippen molar-refractivity contribution in [1.29, 1.82) is 0 Å². The number of benzene rings is 1. The van der Waals surface area contributed by atoms with Crippen LogP contribution in [0.15, 0.2) is 30.3 Å². The summed E-state index contributed by atoms with van der Waals surface area (Å²) < 4.78 is 1.29. The molecule has 0 saturated heterocycles. The highest BCUT2D eigenvalue weighted by molar-refractivity contribution is 14.1. The van der Waals surface area contributed by atoms with Crippen LogP contribution in [0.3, 0.4) is 0 Å². The molecule has 0 spiro atoms. The van der Waals surface area contributed by atoms with E-state index in [1.165, 1.54) is 10.6 Å².